The van der Waals surface area contributed by atoms with Crippen molar-refractivity contribution in [3.63, 3.8) is 0 Å². The first-order chi connectivity index (χ1) is 8.81. The average molecular weight is 241 g/mol. The quantitative estimate of drug-likeness (QED) is 0.623. The van der Waals surface area contributed by atoms with Crippen LogP contribution in [0.1, 0.15) is 5.56 Å². The predicted molar refractivity (Wildman–Crippen MR) is 65.7 cm³/mol. The number of hydrazine groups is 1. The molecule has 0 spiro atoms. The van der Waals surface area contributed by atoms with Gasteiger partial charge in [-0.15, -0.1) is 0 Å². The van der Waals surface area contributed by atoms with Crippen molar-refractivity contribution in [2.24, 2.45) is 5.84 Å². The van der Waals surface area contributed by atoms with Crippen molar-refractivity contribution in [1.82, 2.24) is 9.97 Å². The number of nitrogens with two attached hydrogens (primary N) is 1. The molecule has 1 aromatic carbocycles. The molecule has 1 aromatic heterocycles. The van der Waals surface area contributed by atoms with Crippen LogP contribution in [-0.4, -0.2) is 9.97 Å². The summed E-state index contributed by atoms with van der Waals surface area (Å²) in [4.78, 5) is 8.00. The van der Waals surface area contributed by atoms with Crippen molar-refractivity contribution in [2.75, 3.05) is 5.43 Å². The van der Waals surface area contributed by atoms with E-state index in [0.717, 1.165) is 5.56 Å². The summed E-state index contributed by atoms with van der Waals surface area (Å²) in [7, 11) is 0. The van der Waals surface area contributed by atoms with Crippen molar-refractivity contribution in [3.8, 4) is 17.7 Å². The molecule has 6 heteroatoms. The minimum absolute atomic E-state index is 0.346. The van der Waals surface area contributed by atoms with Gasteiger partial charge in [0.1, 0.15) is 5.75 Å². The Labute approximate surface area is 104 Å². The molecule has 0 bridgehead atoms. The lowest BCUT2D eigenvalue weighted by Crippen LogP contribution is -2.08. The molecular formula is C12H11N5O. The molecule has 0 fully saturated rings. The number of nitriles is 1. The second-order valence-electron chi connectivity index (χ2n) is 3.47. The van der Waals surface area contributed by atoms with Crippen molar-refractivity contribution < 1.29 is 4.74 Å². The lowest BCUT2D eigenvalue weighted by molar-refractivity contribution is 0.460. The molecule has 0 aliphatic heterocycles. The Hall–Kier alpha value is -2.65. The maximum absolute atomic E-state index is 8.56. The number of rotatable bonds is 4. The Morgan fingerprint density at radius 1 is 1.28 bits per heavy atom. The van der Waals surface area contributed by atoms with E-state index in [-0.39, 0.29) is 0 Å². The van der Waals surface area contributed by atoms with Gasteiger partial charge < -0.3 is 10.2 Å². The average Bonchev–Trinajstić information content (AvgIpc) is 2.42. The molecule has 2 aromatic rings. The number of nitrogen functional groups attached to an aromatic ring is 1. The molecule has 3 N–H and O–H groups in total. The third-order valence-electron chi connectivity index (χ3n) is 2.19. The molecule has 0 unspecified atom stereocenters. The van der Waals surface area contributed by atoms with Crippen LogP contribution in [0, 0.1) is 11.3 Å². The number of nitrogens with one attached hydrogen (secondary N) is 1. The Morgan fingerprint density at radius 2 is 2.06 bits per heavy atom. The SMILES string of the molecule is N#CCc1ccc(Oc2cncc(NN)n2)cc1. The highest BCUT2D eigenvalue weighted by Gasteiger charge is 2.01. The molecule has 1 heterocycles. The largest absolute Gasteiger partial charge is 0.437 e. The van der Waals surface area contributed by atoms with Gasteiger partial charge in [-0.05, 0) is 17.7 Å². The molecule has 0 radical (unpaired) electrons. The minimum atomic E-state index is 0.346. The Balaban J connectivity index is 2.11. The van der Waals surface area contributed by atoms with Crippen molar-refractivity contribution in [3.05, 3.63) is 42.2 Å². The Bertz CT molecular complexity index is 561. The topological polar surface area (TPSA) is 96.8 Å². The van der Waals surface area contributed by atoms with Crippen LogP contribution in [0.3, 0.4) is 0 Å². The number of aromatic nitrogens is 2. The maximum atomic E-state index is 8.56. The van der Waals surface area contributed by atoms with E-state index < -0.39 is 0 Å². The summed E-state index contributed by atoms with van der Waals surface area (Å²) < 4.78 is 5.50. The zero-order valence-corrected chi connectivity index (χ0v) is 9.50. The van der Waals surface area contributed by atoms with Gasteiger partial charge in [0.2, 0.25) is 5.88 Å². The molecule has 2 rings (SSSR count). The molecule has 90 valence electrons. The number of nitrogens with zero attached hydrogens (tertiary/aromatic N) is 3. The summed E-state index contributed by atoms with van der Waals surface area (Å²) in [5.74, 6) is 6.62. The van der Waals surface area contributed by atoms with Crippen LogP contribution in [0.5, 0.6) is 11.6 Å². The number of ether oxygens (including phenoxy) is 1. The van der Waals surface area contributed by atoms with Gasteiger partial charge in [0.25, 0.3) is 0 Å². The van der Waals surface area contributed by atoms with Gasteiger partial charge in [0, 0.05) is 0 Å². The number of anilines is 1. The fourth-order valence-electron chi connectivity index (χ4n) is 1.35. The molecule has 6 nitrogen and oxygen atoms in total. The van der Waals surface area contributed by atoms with Gasteiger partial charge in [-0.25, -0.2) is 5.84 Å². The van der Waals surface area contributed by atoms with E-state index >= 15 is 0 Å². The fourth-order valence-corrected chi connectivity index (χ4v) is 1.35. The smallest absolute Gasteiger partial charge is 0.239 e. The minimum Gasteiger partial charge on any atom is -0.437 e. The number of hydrogen-bond donors (Lipinski definition) is 2. The molecule has 0 saturated heterocycles. The summed E-state index contributed by atoms with van der Waals surface area (Å²) in [6.45, 7) is 0. The summed E-state index contributed by atoms with van der Waals surface area (Å²) in [6, 6.07) is 9.29. The van der Waals surface area contributed by atoms with Crippen LogP contribution in [0.15, 0.2) is 36.7 Å². The lowest BCUT2D eigenvalue weighted by Gasteiger charge is -2.06. The maximum Gasteiger partial charge on any atom is 0.239 e. The van der Waals surface area contributed by atoms with Gasteiger partial charge in [0.15, 0.2) is 5.82 Å². The zero-order chi connectivity index (χ0) is 12.8. The first kappa shape index (κ1) is 11.8. The van der Waals surface area contributed by atoms with Gasteiger partial charge >= 0.3 is 0 Å². The second-order valence-corrected chi connectivity index (χ2v) is 3.47. The van der Waals surface area contributed by atoms with Crippen LogP contribution in [0.2, 0.25) is 0 Å². The van der Waals surface area contributed by atoms with E-state index in [2.05, 4.69) is 21.5 Å². The zero-order valence-electron chi connectivity index (χ0n) is 9.50. The molecule has 0 aliphatic rings. The number of benzene rings is 1. The highest BCUT2D eigenvalue weighted by molar-refractivity contribution is 5.34. The van der Waals surface area contributed by atoms with E-state index in [0.29, 0.717) is 23.9 Å². The van der Waals surface area contributed by atoms with Crippen LogP contribution >= 0.6 is 0 Å². The van der Waals surface area contributed by atoms with E-state index in [1.807, 2.05) is 12.1 Å². The van der Waals surface area contributed by atoms with E-state index in [1.165, 1.54) is 12.4 Å². The summed E-state index contributed by atoms with van der Waals surface area (Å²) in [6.07, 6.45) is 3.36. The van der Waals surface area contributed by atoms with Crippen LogP contribution in [0.4, 0.5) is 5.82 Å². The molecular weight excluding hydrogens is 230 g/mol. The first-order valence-corrected chi connectivity index (χ1v) is 5.24. The van der Waals surface area contributed by atoms with Crippen molar-refractivity contribution in [2.45, 2.75) is 6.42 Å². The molecule has 18 heavy (non-hydrogen) atoms. The fraction of sp³-hybridized carbons (Fsp3) is 0.0833. The first-order valence-electron chi connectivity index (χ1n) is 5.24. The normalized spacial score (nSPS) is 9.56. The number of hydrogen-bond acceptors (Lipinski definition) is 6. The molecule has 0 atom stereocenters. The lowest BCUT2D eigenvalue weighted by atomic mass is 10.2. The summed E-state index contributed by atoms with van der Waals surface area (Å²) in [5, 5.41) is 8.56. The van der Waals surface area contributed by atoms with Gasteiger partial charge in [-0.2, -0.15) is 10.2 Å². The predicted octanol–water partition coefficient (Wildman–Crippen LogP) is 1.62. The Kier molecular flexibility index (Phi) is 3.69. The molecule has 0 amide bonds. The van der Waals surface area contributed by atoms with Crippen LogP contribution in [-0.2, 0) is 6.42 Å². The highest BCUT2D eigenvalue weighted by atomic mass is 16.5. The standard InChI is InChI=1S/C12H11N5O/c13-6-5-9-1-3-10(4-2-9)18-12-8-15-7-11(16-12)17-14/h1-4,7-8H,5,14H2,(H,16,17). The monoisotopic (exact) mass is 241 g/mol. The third kappa shape index (κ3) is 2.93. The second kappa shape index (κ2) is 5.61. The van der Waals surface area contributed by atoms with E-state index in [1.54, 1.807) is 12.1 Å². The van der Waals surface area contributed by atoms with Crippen molar-refractivity contribution >= 4 is 5.82 Å². The Morgan fingerprint density at radius 3 is 2.72 bits per heavy atom. The van der Waals surface area contributed by atoms with E-state index in [9.17, 15) is 0 Å². The summed E-state index contributed by atoms with van der Waals surface area (Å²) in [5.41, 5.74) is 3.33. The van der Waals surface area contributed by atoms with Gasteiger partial charge in [0.05, 0.1) is 24.9 Å². The van der Waals surface area contributed by atoms with Crippen molar-refractivity contribution in [1.29, 1.82) is 5.26 Å². The highest BCUT2D eigenvalue weighted by Crippen LogP contribution is 2.20. The van der Waals surface area contributed by atoms with E-state index in [4.69, 9.17) is 15.8 Å². The van der Waals surface area contributed by atoms with Gasteiger partial charge in [-0.3, -0.25) is 4.98 Å². The molecule has 0 aliphatic carbocycles. The third-order valence-corrected chi connectivity index (χ3v) is 2.19. The molecule has 0 saturated carbocycles. The van der Waals surface area contributed by atoms with Crippen LogP contribution in [0.25, 0.3) is 0 Å². The van der Waals surface area contributed by atoms with Crippen LogP contribution < -0.4 is 16.0 Å². The van der Waals surface area contributed by atoms with Gasteiger partial charge in [-0.1, -0.05) is 12.1 Å². The summed E-state index contributed by atoms with van der Waals surface area (Å²) >= 11 is 0.